The number of carbonyl (C=O) groups is 1. The average Bonchev–Trinajstić information content (AvgIpc) is 2.36. The molecule has 1 rings (SSSR count). The van der Waals surface area contributed by atoms with E-state index in [-0.39, 0.29) is 11.8 Å². The maximum absolute atomic E-state index is 13.6. The van der Waals surface area contributed by atoms with Gasteiger partial charge in [0.15, 0.2) is 0 Å². The standard InChI is InChI=1S/C15H22FNO2/c1-10(2)7-14(15(18)19-4)17-9-12-8-11(3)5-6-13(12)16/h5-6,8,10,14,17H,7,9H2,1-4H3. The Labute approximate surface area is 114 Å². The van der Waals surface area contributed by atoms with E-state index < -0.39 is 6.04 Å². The predicted octanol–water partition coefficient (Wildman–Crippen LogP) is 2.81. The van der Waals surface area contributed by atoms with E-state index in [4.69, 9.17) is 4.74 Å². The SMILES string of the molecule is COC(=O)C(CC(C)C)NCc1cc(C)ccc1F. The lowest BCUT2D eigenvalue weighted by molar-refractivity contribution is -0.143. The third-order valence-electron chi connectivity index (χ3n) is 2.93. The third-order valence-corrected chi connectivity index (χ3v) is 2.93. The number of nitrogens with one attached hydrogen (secondary N) is 1. The summed E-state index contributed by atoms with van der Waals surface area (Å²) in [6, 6.07) is 4.56. The molecule has 0 bridgehead atoms. The van der Waals surface area contributed by atoms with Crippen LogP contribution in [0.2, 0.25) is 0 Å². The molecule has 0 aliphatic carbocycles. The number of esters is 1. The van der Waals surface area contributed by atoms with Crippen LogP contribution in [0.3, 0.4) is 0 Å². The monoisotopic (exact) mass is 267 g/mol. The number of hydrogen-bond donors (Lipinski definition) is 1. The van der Waals surface area contributed by atoms with Gasteiger partial charge in [-0.1, -0.05) is 31.5 Å². The molecule has 0 radical (unpaired) electrons. The zero-order valence-corrected chi connectivity index (χ0v) is 12.0. The predicted molar refractivity (Wildman–Crippen MR) is 73.2 cm³/mol. The van der Waals surface area contributed by atoms with Gasteiger partial charge in [0.25, 0.3) is 0 Å². The zero-order chi connectivity index (χ0) is 14.4. The molecule has 1 aromatic rings. The number of hydrogen-bond acceptors (Lipinski definition) is 3. The summed E-state index contributed by atoms with van der Waals surface area (Å²) in [5, 5.41) is 3.07. The van der Waals surface area contributed by atoms with Crippen LogP contribution in [-0.2, 0) is 16.1 Å². The van der Waals surface area contributed by atoms with Crippen LogP contribution in [0, 0.1) is 18.7 Å². The van der Waals surface area contributed by atoms with Crippen molar-refractivity contribution in [2.75, 3.05) is 7.11 Å². The Morgan fingerprint density at radius 3 is 2.68 bits per heavy atom. The lowest BCUT2D eigenvalue weighted by atomic mass is 10.0. The van der Waals surface area contributed by atoms with E-state index >= 15 is 0 Å². The van der Waals surface area contributed by atoms with Crippen molar-refractivity contribution in [2.45, 2.75) is 39.8 Å². The molecule has 4 heteroatoms. The van der Waals surface area contributed by atoms with E-state index in [1.807, 2.05) is 20.8 Å². The first-order valence-corrected chi connectivity index (χ1v) is 6.50. The summed E-state index contributed by atoms with van der Waals surface area (Å²) >= 11 is 0. The Morgan fingerprint density at radius 2 is 2.11 bits per heavy atom. The van der Waals surface area contributed by atoms with Gasteiger partial charge in [-0.2, -0.15) is 0 Å². The molecule has 1 N–H and O–H groups in total. The Hall–Kier alpha value is -1.42. The highest BCUT2D eigenvalue weighted by molar-refractivity contribution is 5.75. The van der Waals surface area contributed by atoms with Gasteiger partial charge in [-0.05, 0) is 25.3 Å². The fourth-order valence-electron chi connectivity index (χ4n) is 1.95. The fraction of sp³-hybridized carbons (Fsp3) is 0.533. The van der Waals surface area contributed by atoms with E-state index in [1.54, 1.807) is 12.1 Å². The Kier molecular flexibility index (Phi) is 5.96. The quantitative estimate of drug-likeness (QED) is 0.805. The summed E-state index contributed by atoms with van der Waals surface area (Å²) < 4.78 is 18.4. The van der Waals surface area contributed by atoms with Crippen molar-refractivity contribution in [3.63, 3.8) is 0 Å². The van der Waals surface area contributed by atoms with Gasteiger partial charge in [-0.25, -0.2) is 4.39 Å². The van der Waals surface area contributed by atoms with Crippen LogP contribution in [0.25, 0.3) is 0 Å². The first-order valence-electron chi connectivity index (χ1n) is 6.50. The van der Waals surface area contributed by atoms with Crippen LogP contribution in [0.4, 0.5) is 4.39 Å². The van der Waals surface area contributed by atoms with E-state index in [0.717, 1.165) is 5.56 Å². The molecule has 1 unspecified atom stereocenters. The first kappa shape index (κ1) is 15.6. The van der Waals surface area contributed by atoms with Crippen LogP contribution < -0.4 is 5.32 Å². The topological polar surface area (TPSA) is 38.3 Å². The van der Waals surface area contributed by atoms with E-state index in [9.17, 15) is 9.18 Å². The molecule has 0 amide bonds. The van der Waals surface area contributed by atoms with Crippen molar-refractivity contribution >= 4 is 5.97 Å². The van der Waals surface area contributed by atoms with Gasteiger partial charge in [0.05, 0.1) is 7.11 Å². The molecule has 0 aliphatic rings. The maximum Gasteiger partial charge on any atom is 0.322 e. The normalized spacial score (nSPS) is 12.5. The molecule has 3 nitrogen and oxygen atoms in total. The molecular weight excluding hydrogens is 245 g/mol. The van der Waals surface area contributed by atoms with Gasteiger partial charge >= 0.3 is 5.97 Å². The highest BCUT2D eigenvalue weighted by atomic mass is 19.1. The highest BCUT2D eigenvalue weighted by Gasteiger charge is 2.20. The van der Waals surface area contributed by atoms with Crippen LogP contribution in [0.5, 0.6) is 0 Å². The largest absolute Gasteiger partial charge is 0.468 e. The van der Waals surface area contributed by atoms with Crippen molar-refractivity contribution in [2.24, 2.45) is 5.92 Å². The second-order valence-corrected chi connectivity index (χ2v) is 5.18. The van der Waals surface area contributed by atoms with E-state index in [1.165, 1.54) is 13.2 Å². The van der Waals surface area contributed by atoms with Crippen molar-refractivity contribution in [3.05, 3.63) is 35.1 Å². The second kappa shape index (κ2) is 7.24. The lowest BCUT2D eigenvalue weighted by Gasteiger charge is -2.18. The van der Waals surface area contributed by atoms with Crippen molar-refractivity contribution in [1.82, 2.24) is 5.32 Å². The molecule has 0 saturated carbocycles. The van der Waals surface area contributed by atoms with Crippen LogP contribution in [0.1, 0.15) is 31.4 Å². The van der Waals surface area contributed by atoms with Crippen molar-refractivity contribution < 1.29 is 13.9 Å². The molecule has 1 aromatic carbocycles. The molecule has 0 spiro atoms. The summed E-state index contributed by atoms with van der Waals surface area (Å²) in [6.07, 6.45) is 0.667. The van der Waals surface area contributed by atoms with Gasteiger partial charge in [0.1, 0.15) is 11.9 Å². The van der Waals surface area contributed by atoms with Gasteiger partial charge in [0, 0.05) is 12.1 Å². The third kappa shape index (κ3) is 4.99. The average molecular weight is 267 g/mol. The number of benzene rings is 1. The Morgan fingerprint density at radius 1 is 1.42 bits per heavy atom. The van der Waals surface area contributed by atoms with Gasteiger partial charge in [-0.3, -0.25) is 4.79 Å². The number of methoxy groups -OCH3 is 1. The number of aryl methyl sites for hydroxylation is 1. The molecule has 0 saturated heterocycles. The maximum atomic E-state index is 13.6. The zero-order valence-electron chi connectivity index (χ0n) is 12.0. The molecule has 0 fully saturated rings. The van der Waals surface area contributed by atoms with Crippen molar-refractivity contribution in [3.8, 4) is 0 Å². The van der Waals surface area contributed by atoms with Gasteiger partial charge in [-0.15, -0.1) is 0 Å². The first-order chi connectivity index (χ1) is 8.93. The minimum Gasteiger partial charge on any atom is -0.468 e. The summed E-state index contributed by atoms with van der Waals surface area (Å²) in [5.74, 6) is -0.202. The second-order valence-electron chi connectivity index (χ2n) is 5.18. The van der Waals surface area contributed by atoms with E-state index in [2.05, 4.69) is 5.32 Å². The molecule has 1 atom stereocenters. The number of rotatable bonds is 6. The Bertz CT molecular complexity index is 432. The Balaban J connectivity index is 2.70. The molecule has 19 heavy (non-hydrogen) atoms. The van der Waals surface area contributed by atoms with E-state index in [0.29, 0.717) is 24.4 Å². The number of halogens is 1. The van der Waals surface area contributed by atoms with Crippen LogP contribution in [0.15, 0.2) is 18.2 Å². The highest BCUT2D eigenvalue weighted by Crippen LogP contribution is 2.12. The molecule has 0 aromatic heterocycles. The lowest BCUT2D eigenvalue weighted by Crippen LogP contribution is -2.38. The summed E-state index contributed by atoms with van der Waals surface area (Å²) in [5.41, 5.74) is 1.56. The summed E-state index contributed by atoms with van der Waals surface area (Å²) in [6.45, 7) is 6.30. The number of ether oxygens (including phenoxy) is 1. The summed E-state index contributed by atoms with van der Waals surface area (Å²) in [4.78, 5) is 11.6. The van der Waals surface area contributed by atoms with Crippen molar-refractivity contribution in [1.29, 1.82) is 0 Å². The van der Waals surface area contributed by atoms with Crippen LogP contribution in [-0.4, -0.2) is 19.1 Å². The molecular formula is C15H22FNO2. The van der Waals surface area contributed by atoms with Gasteiger partial charge < -0.3 is 10.1 Å². The van der Waals surface area contributed by atoms with Gasteiger partial charge in [0.2, 0.25) is 0 Å². The summed E-state index contributed by atoms with van der Waals surface area (Å²) in [7, 11) is 1.37. The number of carbonyl (C=O) groups excluding carboxylic acids is 1. The molecule has 0 aliphatic heterocycles. The molecule has 106 valence electrons. The fourth-order valence-corrected chi connectivity index (χ4v) is 1.95. The minimum atomic E-state index is -0.398. The smallest absolute Gasteiger partial charge is 0.322 e. The minimum absolute atomic E-state index is 0.258. The van der Waals surface area contributed by atoms with Crippen LogP contribution >= 0.6 is 0 Å². The molecule has 0 heterocycles.